The summed E-state index contributed by atoms with van der Waals surface area (Å²) in [5.41, 5.74) is 2.27. The number of amides is 1. The highest BCUT2D eigenvalue weighted by atomic mass is 16.5. The molecule has 1 aromatic rings. The van der Waals surface area contributed by atoms with Crippen LogP contribution in [0, 0.1) is 12.8 Å². The van der Waals surface area contributed by atoms with E-state index < -0.39 is 0 Å². The lowest BCUT2D eigenvalue weighted by Gasteiger charge is -2.21. The van der Waals surface area contributed by atoms with E-state index in [2.05, 4.69) is 29.7 Å². The predicted molar refractivity (Wildman–Crippen MR) is 113 cm³/mol. The summed E-state index contributed by atoms with van der Waals surface area (Å²) < 4.78 is 5.33. The summed E-state index contributed by atoms with van der Waals surface area (Å²) in [6.45, 7) is 7.16. The molecule has 1 saturated heterocycles. The van der Waals surface area contributed by atoms with Crippen LogP contribution in [-0.2, 0) is 11.3 Å². The molecular weight excluding hydrogens is 352 g/mol. The Kier molecular flexibility index (Phi) is 7.18. The molecule has 0 aromatic heterocycles. The zero-order valence-corrected chi connectivity index (χ0v) is 17.5. The quantitative estimate of drug-likeness (QED) is 0.583. The normalized spacial score (nSPS) is 20.5. The number of nitrogens with one attached hydrogen (secondary N) is 2. The van der Waals surface area contributed by atoms with Crippen molar-refractivity contribution >= 4 is 11.9 Å². The van der Waals surface area contributed by atoms with E-state index >= 15 is 0 Å². The molecule has 2 aliphatic rings. The van der Waals surface area contributed by atoms with Gasteiger partial charge in [-0.25, -0.2) is 4.99 Å². The molecule has 3 rings (SSSR count). The molecule has 6 heteroatoms. The second-order valence-electron chi connectivity index (χ2n) is 7.89. The molecular formula is C22H34N4O2. The minimum Gasteiger partial charge on any atom is -0.496 e. The van der Waals surface area contributed by atoms with Crippen molar-refractivity contribution in [3.63, 3.8) is 0 Å². The molecule has 0 radical (unpaired) electrons. The van der Waals surface area contributed by atoms with Crippen molar-refractivity contribution in [3.05, 3.63) is 29.3 Å². The summed E-state index contributed by atoms with van der Waals surface area (Å²) in [5, 5.41) is 6.85. The Morgan fingerprint density at radius 1 is 1.29 bits per heavy atom. The molecule has 28 heavy (non-hydrogen) atoms. The lowest BCUT2D eigenvalue weighted by Crippen LogP contribution is -2.45. The minimum atomic E-state index is 0.263. The lowest BCUT2D eigenvalue weighted by molar-refractivity contribution is -0.134. The number of methoxy groups -OCH3 is 1. The van der Waals surface area contributed by atoms with E-state index in [0.29, 0.717) is 12.5 Å². The van der Waals surface area contributed by atoms with Crippen LogP contribution < -0.4 is 15.4 Å². The third-order valence-electron chi connectivity index (χ3n) is 5.77. The first-order valence-corrected chi connectivity index (χ1v) is 10.6. The van der Waals surface area contributed by atoms with Crippen molar-refractivity contribution < 1.29 is 9.53 Å². The van der Waals surface area contributed by atoms with E-state index in [9.17, 15) is 4.79 Å². The van der Waals surface area contributed by atoms with Gasteiger partial charge in [0.25, 0.3) is 0 Å². The lowest BCUT2D eigenvalue weighted by atomic mass is 10.1. The molecule has 0 spiro atoms. The van der Waals surface area contributed by atoms with Crippen LogP contribution in [0.25, 0.3) is 0 Å². The van der Waals surface area contributed by atoms with Gasteiger partial charge in [0.2, 0.25) is 5.91 Å². The van der Waals surface area contributed by atoms with Gasteiger partial charge in [0, 0.05) is 31.6 Å². The highest BCUT2D eigenvalue weighted by Gasteiger charge is 2.32. The number of rotatable bonds is 6. The van der Waals surface area contributed by atoms with Crippen LogP contribution >= 0.6 is 0 Å². The monoisotopic (exact) mass is 386 g/mol. The van der Waals surface area contributed by atoms with Gasteiger partial charge in [-0.15, -0.1) is 0 Å². The Morgan fingerprint density at radius 3 is 2.75 bits per heavy atom. The molecule has 2 fully saturated rings. The van der Waals surface area contributed by atoms with Gasteiger partial charge in [-0.05, 0) is 50.3 Å². The number of carbonyl (C=O) groups is 1. The van der Waals surface area contributed by atoms with E-state index in [-0.39, 0.29) is 12.0 Å². The molecule has 1 aliphatic carbocycles. The van der Waals surface area contributed by atoms with E-state index in [0.717, 1.165) is 61.7 Å². The smallest absolute Gasteiger partial charge is 0.225 e. The van der Waals surface area contributed by atoms with Crippen LogP contribution in [0.5, 0.6) is 5.75 Å². The minimum absolute atomic E-state index is 0.263. The Morgan fingerprint density at radius 2 is 2.07 bits per heavy atom. The number of likely N-dealkylation sites (tertiary alicyclic amines) is 1. The van der Waals surface area contributed by atoms with Crippen LogP contribution in [-0.4, -0.2) is 49.6 Å². The number of carbonyl (C=O) groups excluding carboxylic acids is 1. The average Bonchev–Trinajstić information content (AvgIpc) is 3.38. The summed E-state index contributed by atoms with van der Waals surface area (Å²) in [6, 6.07) is 6.42. The number of benzene rings is 1. The van der Waals surface area contributed by atoms with Crippen LogP contribution in [0.3, 0.4) is 0 Å². The Balaban J connectivity index is 1.56. The highest BCUT2D eigenvalue weighted by molar-refractivity contribution is 5.81. The average molecular weight is 387 g/mol. The number of aliphatic imine (C=N–C) groups is 1. The molecule has 1 saturated carbocycles. The van der Waals surface area contributed by atoms with Gasteiger partial charge in [-0.1, -0.05) is 25.0 Å². The van der Waals surface area contributed by atoms with Gasteiger partial charge in [0.05, 0.1) is 13.7 Å². The number of ether oxygens (including phenoxy) is 1. The zero-order chi connectivity index (χ0) is 19.9. The molecule has 1 unspecified atom stereocenters. The molecule has 6 nitrogen and oxygen atoms in total. The van der Waals surface area contributed by atoms with Gasteiger partial charge >= 0.3 is 0 Å². The second-order valence-corrected chi connectivity index (χ2v) is 7.89. The summed E-state index contributed by atoms with van der Waals surface area (Å²) in [4.78, 5) is 19.4. The zero-order valence-electron chi connectivity index (χ0n) is 17.5. The molecule has 154 valence electrons. The topological polar surface area (TPSA) is 66.0 Å². The van der Waals surface area contributed by atoms with E-state index in [4.69, 9.17) is 9.73 Å². The molecule has 1 aliphatic heterocycles. The summed E-state index contributed by atoms with van der Waals surface area (Å²) >= 11 is 0. The van der Waals surface area contributed by atoms with Gasteiger partial charge in [-0.3, -0.25) is 4.79 Å². The predicted octanol–water partition coefficient (Wildman–Crippen LogP) is 2.85. The van der Waals surface area contributed by atoms with Crippen molar-refractivity contribution in [3.8, 4) is 5.75 Å². The molecule has 1 aromatic carbocycles. The number of aryl methyl sites for hydroxylation is 1. The standard InChI is InChI=1S/C22H34N4O2/c1-4-23-22(24-14-17-9-10-20(28-3)16(2)13-17)25-19-11-12-26(15-19)21(27)18-7-5-6-8-18/h9-10,13,18-19H,4-8,11-12,14-15H2,1-3H3,(H2,23,24,25). The SMILES string of the molecule is CCNC(=NCc1ccc(OC)c(C)c1)NC1CCN(C(=O)C2CCCC2)C1. The molecule has 0 bridgehead atoms. The summed E-state index contributed by atoms with van der Waals surface area (Å²) in [6.07, 6.45) is 5.52. The Hall–Kier alpha value is -2.24. The Labute approximate surface area is 168 Å². The van der Waals surface area contributed by atoms with Gasteiger partial charge < -0.3 is 20.3 Å². The second kappa shape index (κ2) is 9.80. The molecule has 2 N–H and O–H groups in total. The highest BCUT2D eigenvalue weighted by Crippen LogP contribution is 2.27. The van der Waals surface area contributed by atoms with E-state index in [1.807, 2.05) is 17.9 Å². The number of guanidine groups is 1. The third-order valence-corrected chi connectivity index (χ3v) is 5.77. The third kappa shape index (κ3) is 5.18. The van der Waals surface area contributed by atoms with Crippen molar-refractivity contribution in [1.82, 2.24) is 15.5 Å². The number of hydrogen-bond acceptors (Lipinski definition) is 3. The van der Waals surface area contributed by atoms with Gasteiger partial charge in [0.1, 0.15) is 5.75 Å². The first-order valence-electron chi connectivity index (χ1n) is 10.6. The molecule has 1 amide bonds. The fourth-order valence-corrected chi connectivity index (χ4v) is 4.23. The summed E-state index contributed by atoms with van der Waals surface area (Å²) in [7, 11) is 1.69. The van der Waals surface area contributed by atoms with Crippen molar-refractivity contribution in [2.75, 3.05) is 26.7 Å². The number of hydrogen-bond donors (Lipinski definition) is 2. The van der Waals surface area contributed by atoms with Crippen LogP contribution in [0.15, 0.2) is 23.2 Å². The summed E-state index contributed by atoms with van der Waals surface area (Å²) in [5.74, 6) is 2.34. The first kappa shape index (κ1) is 20.5. The van der Waals surface area contributed by atoms with Gasteiger partial charge in [0.15, 0.2) is 5.96 Å². The van der Waals surface area contributed by atoms with Crippen LogP contribution in [0.1, 0.15) is 50.2 Å². The maximum Gasteiger partial charge on any atom is 0.225 e. The van der Waals surface area contributed by atoms with Crippen LogP contribution in [0.4, 0.5) is 0 Å². The van der Waals surface area contributed by atoms with Crippen LogP contribution in [0.2, 0.25) is 0 Å². The molecule has 1 heterocycles. The Bertz CT molecular complexity index is 698. The van der Waals surface area contributed by atoms with E-state index in [1.54, 1.807) is 7.11 Å². The molecule has 1 atom stereocenters. The van der Waals surface area contributed by atoms with Crippen molar-refractivity contribution in [2.24, 2.45) is 10.9 Å². The van der Waals surface area contributed by atoms with Gasteiger partial charge in [-0.2, -0.15) is 0 Å². The number of nitrogens with zero attached hydrogens (tertiary/aromatic N) is 2. The van der Waals surface area contributed by atoms with E-state index in [1.165, 1.54) is 12.8 Å². The largest absolute Gasteiger partial charge is 0.496 e. The fourth-order valence-electron chi connectivity index (χ4n) is 4.23. The fraction of sp³-hybridized carbons (Fsp3) is 0.636. The maximum absolute atomic E-state index is 12.6. The maximum atomic E-state index is 12.6. The first-order chi connectivity index (χ1) is 13.6. The van der Waals surface area contributed by atoms with Crippen molar-refractivity contribution in [2.45, 2.75) is 58.5 Å². The van der Waals surface area contributed by atoms with Crippen molar-refractivity contribution in [1.29, 1.82) is 0 Å².